The topological polar surface area (TPSA) is 90.2 Å². The van der Waals surface area contributed by atoms with E-state index in [9.17, 15) is 0 Å². The summed E-state index contributed by atoms with van der Waals surface area (Å²) in [5.74, 6) is 1.43. The smallest absolute Gasteiger partial charge is 0.182 e. The second-order valence-corrected chi connectivity index (χ2v) is 15.0. The molecule has 278 valence electrons. The zero-order chi connectivity index (χ0) is 39.6. The molecule has 0 aliphatic rings. The van der Waals surface area contributed by atoms with Gasteiger partial charge in [-0.15, -0.1) is 0 Å². The Morgan fingerprint density at radius 1 is 0.283 bits per heavy atom. The molecule has 0 aliphatic carbocycles. The summed E-state index contributed by atoms with van der Waals surface area (Å²) in [5.41, 5.74) is 8.16. The van der Waals surface area contributed by atoms with Crippen molar-refractivity contribution in [1.82, 2.24) is 34.9 Å². The van der Waals surface area contributed by atoms with E-state index in [1.165, 1.54) is 0 Å². The van der Waals surface area contributed by atoms with Crippen molar-refractivity contribution in [2.45, 2.75) is 0 Å². The van der Waals surface area contributed by atoms with Gasteiger partial charge in [-0.05, 0) is 109 Å². The molecule has 7 heteroatoms. The molecule has 12 aromatic rings. The summed E-state index contributed by atoms with van der Waals surface area (Å²) >= 11 is 0. The molecule has 0 radical (unpaired) electrons. The average Bonchev–Trinajstić information content (AvgIpc) is 3.31. The lowest BCUT2D eigenvalue weighted by atomic mass is 9.88. The Kier molecular flexibility index (Phi) is 7.71. The van der Waals surface area contributed by atoms with Gasteiger partial charge in [-0.1, -0.05) is 109 Å². The summed E-state index contributed by atoms with van der Waals surface area (Å²) in [6.07, 6.45) is 7.46. The lowest BCUT2D eigenvalue weighted by molar-refractivity contribution is 1.05. The molecule has 0 saturated carbocycles. The summed E-state index contributed by atoms with van der Waals surface area (Å²) in [4.78, 5) is 35.0. The Balaban J connectivity index is 1.18. The van der Waals surface area contributed by atoms with Gasteiger partial charge < -0.3 is 0 Å². The first kappa shape index (κ1) is 33.8. The number of nitrogens with zero attached hydrogens (tertiary/aromatic N) is 7. The number of rotatable bonds is 5. The Labute approximate surface area is 343 Å². The Bertz CT molecular complexity index is 3350. The number of hydrogen-bond donors (Lipinski definition) is 0. The minimum atomic E-state index is 0.460. The molecule has 0 bridgehead atoms. The summed E-state index contributed by atoms with van der Waals surface area (Å²) in [7, 11) is 0. The molecule has 0 amide bonds. The maximum absolute atomic E-state index is 5.25. The number of pyridine rings is 4. The number of benzene rings is 7. The van der Waals surface area contributed by atoms with Crippen molar-refractivity contribution in [1.29, 1.82) is 0 Å². The van der Waals surface area contributed by atoms with Crippen LogP contribution in [0, 0.1) is 0 Å². The largest absolute Gasteiger partial charge is 0.256 e. The van der Waals surface area contributed by atoms with Crippen LogP contribution in [0.15, 0.2) is 189 Å². The monoisotopic (exact) mass is 765 g/mol. The van der Waals surface area contributed by atoms with E-state index in [4.69, 9.17) is 34.9 Å². The van der Waals surface area contributed by atoms with Crippen LogP contribution in [0.2, 0.25) is 0 Å². The van der Waals surface area contributed by atoms with Gasteiger partial charge in [0, 0.05) is 51.9 Å². The molecule has 5 aromatic heterocycles. The lowest BCUT2D eigenvalue weighted by Gasteiger charge is -2.17. The van der Waals surface area contributed by atoms with Crippen molar-refractivity contribution in [3.8, 4) is 56.7 Å². The SMILES string of the molecule is c1ccc2cc(-c3nc(-c4cc(-c5c6ccccc6cc6ncccc56)cc(-c5c6ccccc6cc6ncccc56)c4)nc(-c4cc5ccccc5cn4)n3)ncc2c1. The first-order chi connectivity index (χ1) is 29.7. The summed E-state index contributed by atoms with van der Waals surface area (Å²) in [5, 5.41) is 10.8. The van der Waals surface area contributed by atoms with E-state index in [0.717, 1.165) is 92.7 Å². The molecule has 7 nitrogen and oxygen atoms in total. The molecule has 12 rings (SSSR count). The molecule has 0 spiro atoms. The molecular weight excluding hydrogens is 735 g/mol. The van der Waals surface area contributed by atoms with Gasteiger partial charge in [-0.3, -0.25) is 19.9 Å². The Morgan fingerprint density at radius 3 is 1.18 bits per heavy atom. The van der Waals surface area contributed by atoms with E-state index >= 15 is 0 Å². The minimum Gasteiger partial charge on any atom is -0.256 e. The molecule has 0 N–H and O–H groups in total. The Morgan fingerprint density at radius 2 is 0.683 bits per heavy atom. The number of hydrogen-bond acceptors (Lipinski definition) is 7. The van der Waals surface area contributed by atoms with Gasteiger partial charge in [0.05, 0.1) is 11.0 Å². The van der Waals surface area contributed by atoms with E-state index in [1.807, 2.05) is 73.3 Å². The van der Waals surface area contributed by atoms with E-state index in [2.05, 4.69) is 115 Å². The van der Waals surface area contributed by atoms with Crippen molar-refractivity contribution in [3.05, 3.63) is 189 Å². The molecule has 0 aliphatic heterocycles. The maximum atomic E-state index is 5.25. The van der Waals surface area contributed by atoms with Gasteiger partial charge in [0.15, 0.2) is 17.5 Å². The van der Waals surface area contributed by atoms with Crippen LogP contribution in [0.5, 0.6) is 0 Å². The van der Waals surface area contributed by atoms with E-state index in [1.54, 1.807) is 0 Å². The van der Waals surface area contributed by atoms with Gasteiger partial charge in [0.25, 0.3) is 0 Å². The summed E-state index contributed by atoms with van der Waals surface area (Å²) < 4.78 is 0. The van der Waals surface area contributed by atoms with Gasteiger partial charge in [-0.25, -0.2) is 15.0 Å². The highest BCUT2D eigenvalue weighted by molar-refractivity contribution is 6.15. The molecule has 0 fully saturated rings. The van der Waals surface area contributed by atoms with Crippen molar-refractivity contribution >= 4 is 64.9 Å². The molecule has 7 aromatic carbocycles. The zero-order valence-corrected chi connectivity index (χ0v) is 32.0. The standard InChI is InChI=1S/C53H31N7/c1-3-15-36-30-56-47(26-32(36)11-1)52-58-51(59-53(60-52)48-27-33-12-2-4-16-37(33)31-57-48)40-24-38(49-41-17-7-5-13-34(41)28-45-43(49)19-9-21-54-45)23-39(25-40)50-42-18-8-6-14-35(42)29-46-44(50)20-10-22-55-46/h1-31H. The van der Waals surface area contributed by atoms with Crippen molar-refractivity contribution in [2.24, 2.45) is 0 Å². The normalized spacial score (nSPS) is 11.7. The highest BCUT2D eigenvalue weighted by atomic mass is 15.1. The predicted octanol–water partition coefficient (Wildman–Crippen LogP) is 12.7. The van der Waals surface area contributed by atoms with Gasteiger partial charge >= 0.3 is 0 Å². The molecule has 0 saturated heterocycles. The summed E-state index contributed by atoms with van der Waals surface area (Å²) in [6.45, 7) is 0. The summed E-state index contributed by atoms with van der Waals surface area (Å²) in [6, 6.07) is 56.8. The quantitative estimate of drug-likeness (QED) is 0.161. The fourth-order valence-electron chi connectivity index (χ4n) is 8.59. The highest BCUT2D eigenvalue weighted by Gasteiger charge is 2.20. The van der Waals surface area contributed by atoms with Crippen molar-refractivity contribution < 1.29 is 0 Å². The fraction of sp³-hybridized carbons (Fsp3) is 0. The van der Waals surface area contributed by atoms with E-state index < -0.39 is 0 Å². The van der Waals surface area contributed by atoms with Crippen LogP contribution in [-0.2, 0) is 0 Å². The number of fused-ring (bicyclic) bond motifs is 6. The van der Waals surface area contributed by atoms with Crippen molar-refractivity contribution in [3.63, 3.8) is 0 Å². The van der Waals surface area contributed by atoms with E-state index in [0.29, 0.717) is 28.9 Å². The molecule has 5 heterocycles. The average molecular weight is 766 g/mol. The van der Waals surface area contributed by atoms with Crippen LogP contribution in [0.3, 0.4) is 0 Å². The van der Waals surface area contributed by atoms with Crippen LogP contribution in [0.4, 0.5) is 0 Å². The third kappa shape index (κ3) is 5.71. The van der Waals surface area contributed by atoms with Crippen LogP contribution in [0.1, 0.15) is 0 Å². The highest BCUT2D eigenvalue weighted by Crippen LogP contribution is 2.43. The van der Waals surface area contributed by atoms with Gasteiger partial charge in [0.1, 0.15) is 11.4 Å². The fourth-order valence-corrected chi connectivity index (χ4v) is 8.59. The minimum absolute atomic E-state index is 0.460. The third-order valence-corrected chi connectivity index (χ3v) is 11.4. The van der Waals surface area contributed by atoms with Gasteiger partial charge in [0.2, 0.25) is 0 Å². The van der Waals surface area contributed by atoms with Gasteiger partial charge in [-0.2, -0.15) is 0 Å². The third-order valence-electron chi connectivity index (χ3n) is 11.4. The second-order valence-electron chi connectivity index (χ2n) is 15.0. The molecule has 0 unspecified atom stereocenters. The lowest BCUT2D eigenvalue weighted by Crippen LogP contribution is -2.02. The van der Waals surface area contributed by atoms with Crippen LogP contribution >= 0.6 is 0 Å². The first-order valence-electron chi connectivity index (χ1n) is 19.9. The van der Waals surface area contributed by atoms with Crippen LogP contribution < -0.4 is 0 Å². The maximum Gasteiger partial charge on any atom is 0.182 e. The zero-order valence-electron chi connectivity index (χ0n) is 32.0. The molecule has 60 heavy (non-hydrogen) atoms. The number of aromatic nitrogens is 7. The van der Waals surface area contributed by atoms with Crippen LogP contribution in [-0.4, -0.2) is 34.9 Å². The van der Waals surface area contributed by atoms with Crippen LogP contribution in [0.25, 0.3) is 122 Å². The molecule has 0 atom stereocenters. The second kappa shape index (κ2) is 13.7. The van der Waals surface area contributed by atoms with E-state index in [-0.39, 0.29) is 0 Å². The predicted molar refractivity (Wildman–Crippen MR) is 243 cm³/mol. The molecular formula is C53H31N7. The van der Waals surface area contributed by atoms with Crippen molar-refractivity contribution in [2.75, 3.05) is 0 Å². The Hall–Kier alpha value is -8.29. The first-order valence-corrected chi connectivity index (χ1v) is 19.9.